The lowest BCUT2D eigenvalue weighted by Gasteiger charge is -2.07. The molecule has 0 bridgehead atoms. The number of anilines is 1. The molecule has 2 aromatic rings. The van der Waals surface area contributed by atoms with Crippen LogP contribution in [0.1, 0.15) is 0 Å². The number of benzene rings is 1. The number of hydrazine groups is 1. The number of hydrogen-bond donors (Lipinski definition) is 2. The maximum absolute atomic E-state index is 5.28. The Labute approximate surface area is 103 Å². The average molecular weight is 248 g/mol. The van der Waals surface area contributed by atoms with Gasteiger partial charge < -0.3 is 10.2 Å². The van der Waals surface area contributed by atoms with Gasteiger partial charge in [-0.1, -0.05) is 23.9 Å². The summed E-state index contributed by atoms with van der Waals surface area (Å²) in [6, 6.07) is 7.74. The molecule has 0 fully saturated rings. The zero-order valence-corrected chi connectivity index (χ0v) is 10.1. The minimum atomic E-state index is 0.532. The van der Waals surface area contributed by atoms with E-state index in [0.29, 0.717) is 5.82 Å². The van der Waals surface area contributed by atoms with Crippen LogP contribution in [0.3, 0.4) is 0 Å². The second-order valence-corrected chi connectivity index (χ2v) is 4.20. The minimum absolute atomic E-state index is 0.532. The molecule has 0 spiro atoms. The van der Waals surface area contributed by atoms with E-state index in [4.69, 9.17) is 10.6 Å². The lowest BCUT2D eigenvalue weighted by atomic mass is 10.3. The van der Waals surface area contributed by atoms with Crippen molar-refractivity contribution in [1.29, 1.82) is 0 Å². The highest BCUT2D eigenvalue weighted by Gasteiger charge is 2.05. The number of rotatable bonds is 4. The van der Waals surface area contributed by atoms with Crippen molar-refractivity contribution in [2.45, 2.75) is 9.92 Å². The summed E-state index contributed by atoms with van der Waals surface area (Å²) in [6.07, 6.45) is 3.24. The van der Waals surface area contributed by atoms with Crippen molar-refractivity contribution in [3.63, 3.8) is 0 Å². The van der Waals surface area contributed by atoms with Crippen LogP contribution in [0.25, 0.3) is 0 Å². The SMILES string of the molecule is COc1ccccc1Sc1cncc(NN)n1. The smallest absolute Gasteiger partial charge is 0.159 e. The molecule has 3 N–H and O–H groups in total. The maximum Gasteiger partial charge on any atom is 0.159 e. The van der Waals surface area contributed by atoms with Crippen LogP contribution in [0.15, 0.2) is 46.6 Å². The molecular weight excluding hydrogens is 236 g/mol. The van der Waals surface area contributed by atoms with Crippen LogP contribution in [-0.2, 0) is 0 Å². The third-order valence-corrected chi connectivity index (χ3v) is 3.01. The van der Waals surface area contributed by atoms with Crippen LogP contribution < -0.4 is 16.0 Å². The first kappa shape index (κ1) is 11.7. The Morgan fingerprint density at radius 3 is 2.88 bits per heavy atom. The Morgan fingerprint density at radius 2 is 2.12 bits per heavy atom. The molecule has 0 aliphatic heterocycles. The number of nitrogen functional groups attached to an aromatic ring is 1. The molecule has 0 saturated heterocycles. The average Bonchev–Trinajstić information content (AvgIpc) is 2.39. The van der Waals surface area contributed by atoms with Gasteiger partial charge in [0.1, 0.15) is 10.8 Å². The van der Waals surface area contributed by atoms with Gasteiger partial charge in [0.25, 0.3) is 0 Å². The van der Waals surface area contributed by atoms with E-state index in [1.54, 1.807) is 19.5 Å². The van der Waals surface area contributed by atoms with Gasteiger partial charge in [-0.15, -0.1) is 0 Å². The Kier molecular flexibility index (Phi) is 3.79. The predicted molar refractivity (Wildman–Crippen MR) is 67.0 cm³/mol. The fourth-order valence-electron chi connectivity index (χ4n) is 1.28. The van der Waals surface area contributed by atoms with Gasteiger partial charge in [-0.05, 0) is 12.1 Å². The summed E-state index contributed by atoms with van der Waals surface area (Å²) in [5, 5.41) is 0.755. The number of ether oxygens (including phenoxy) is 1. The van der Waals surface area contributed by atoms with Crippen molar-refractivity contribution in [2.75, 3.05) is 12.5 Å². The highest BCUT2D eigenvalue weighted by molar-refractivity contribution is 7.99. The number of nitrogens with zero attached hydrogens (tertiary/aromatic N) is 2. The molecule has 5 nitrogen and oxygen atoms in total. The number of nitrogens with one attached hydrogen (secondary N) is 1. The zero-order valence-electron chi connectivity index (χ0n) is 9.25. The zero-order chi connectivity index (χ0) is 12.1. The lowest BCUT2D eigenvalue weighted by Crippen LogP contribution is -2.08. The lowest BCUT2D eigenvalue weighted by molar-refractivity contribution is 0.405. The van der Waals surface area contributed by atoms with Gasteiger partial charge in [0.15, 0.2) is 5.82 Å². The van der Waals surface area contributed by atoms with Crippen LogP contribution in [0, 0.1) is 0 Å². The van der Waals surface area contributed by atoms with Crippen LogP contribution in [0.5, 0.6) is 5.75 Å². The molecule has 0 aliphatic rings. The van der Waals surface area contributed by atoms with Gasteiger partial charge in [0.2, 0.25) is 0 Å². The Morgan fingerprint density at radius 1 is 1.29 bits per heavy atom. The topological polar surface area (TPSA) is 73.1 Å². The van der Waals surface area contributed by atoms with E-state index < -0.39 is 0 Å². The molecule has 1 aromatic carbocycles. The Hall–Kier alpha value is -1.79. The largest absolute Gasteiger partial charge is 0.496 e. The molecule has 0 saturated carbocycles. The van der Waals surface area contributed by atoms with Crippen molar-refractivity contribution in [2.24, 2.45) is 5.84 Å². The third-order valence-electron chi connectivity index (χ3n) is 2.04. The summed E-state index contributed by atoms with van der Waals surface area (Å²) < 4.78 is 5.26. The quantitative estimate of drug-likeness (QED) is 0.636. The molecule has 1 aromatic heterocycles. The van der Waals surface area contributed by atoms with Crippen molar-refractivity contribution in [3.05, 3.63) is 36.7 Å². The molecule has 17 heavy (non-hydrogen) atoms. The van der Waals surface area contributed by atoms with Crippen molar-refractivity contribution < 1.29 is 4.74 Å². The Bertz CT molecular complexity index is 506. The predicted octanol–water partition coefficient (Wildman–Crippen LogP) is 1.92. The summed E-state index contributed by atoms with van der Waals surface area (Å²) in [7, 11) is 1.64. The van der Waals surface area contributed by atoms with Crippen LogP contribution in [-0.4, -0.2) is 17.1 Å². The van der Waals surface area contributed by atoms with Crippen molar-refractivity contribution in [1.82, 2.24) is 9.97 Å². The van der Waals surface area contributed by atoms with Gasteiger partial charge >= 0.3 is 0 Å². The van der Waals surface area contributed by atoms with E-state index >= 15 is 0 Å². The molecule has 0 aliphatic carbocycles. The number of aromatic nitrogens is 2. The van der Waals surface area contributed by atoms with Gasteiger partial charge in [0.05, 0.1) is 24.4 Å². The minimum Gasteiger partial charge on any atom is -0.496 e. The molecule has 1 heterocycles. The first-order chi connectivity index (χ1) is 8.33. The monoisotopic (exact) mass is 248 g/mol. The molecule has 0 radical (unpaired) electrons. The van der Waals surface area contributed by atoms with Crippen molar-refractivity contribution >= 4 is 17.6 Å². The van der Waals surface area contributed by atoms with Crippen molar-refractivity contribution in [3.8, 4) is 5.75 Å². The second kappa shape index (κ2) is 5.51. The molecule has 6 heteroatoms. The molecule has 0 unspecified atom stereocenters. The fourth-order valence-corrected chi connectivity index (χ4v) is 2.16. The van der Waals surface area contributed by atoms with E-state index in [1.807, 2.05) is 24.3 Å². The van der Waals surface area contributed by atoms with Gasteiger partial charge in [0, 0.05) is 0 Å². The first-order valence-electron chi connectivity index (χ1n) is 4.93. The van der Waals surface area contributed by atoms with E-state index in [-0.39, 0.29) is 0 Å². The van der Waals surface area contributed by atoms with Gasteiger partial charge in [-0.25, -0.2) is 10.8 Å². The van der Waals surface area contributed by atoms with Crippen LogP contribution >= 0.6 is 11.8 Å². The van der Waals surface area contributed by atoms with E-state index in [1.165, 1.54) is 11.8 Å². The summed E-state index contributed by atoms with van der Waals surface area (Å²) in [5.41, 5.74) is 2.46. The van der Waals surface area contributed by atoms with E-state index in [2.05, 4.69) is 15.4 Å². The summed E-state index contributed by atoms with van der Waals surface area (Å²) >= 11 is 1.47. The van der Waals surface area contributed by atoms with Gasteiger partial charge in [-0.2, -0.15) is 0 Å². The molecule has 0 atom stereocenters. The highest BCUT2D eigenvalue weighted by Crippen LogP contribution is 2.33. The van der Waals surface area contributed by atoms with E-state index in [0.717, 1.165) is 15.7 Å². The van der Waals surface area contributed by atoms with Crippen LogP contribution in [0.2, 0.25) is 0 Å². The third kappa shape index (κ3) is 2.86. The molecule has 88 valence electrons. The standard InChI is InChI=1S/C11H12N4OS/c1-16-8-4-2-3-5-9(8)17-11-7-13-6-10(14-11)15-12/h2-7H,12H2,1H3,(H,14,15). The number of hydrogen-bond acceptors (Lipinski definition) is 6. The number of methoxy groups -OCH3 is 1. The normalized spacial score (nSPS) is 10.0. The second-order valence-electron chi connectivity index (χ2n) is 3.14. The summed E-state index contributed by atoms with van der Waals surface area (Å²) in [5.74, 6) is 6.62. The first-order valence-corrected chi connectivity index (χ1v) is 5.74. The van der Waals surface area contributed by atoms with E-state index in [9.17, 15) is 0 Å². The van der Waals surface area contributed by atoms with Crippen LogP contribution in [0.4, 0.5) is 5.82 Å². The molecular formula is C11H12N4OS. The summed E-state index contributed by atoms with van der Waals surface area (Å²) in [4.78, 5) is 9.30. The fraction of sp³-hybridized carbons (Fsp3) is 0.0909. The molecule has 2 rings (SSSR count). The number of para-hydroxylation sites is 1. The van der Waals surface area contributed by atoms with Gasteiger partial charge in [-0.3, -0.25) is 4.98 Å². The summed E-state index contributed by atoms with van der Waals surface area (Å²) in [6.45, 7) is 0. The maximum atomic E-state index is 5.28. The Balaban J connectivity index is 2.24. The molecule has 0 amide bonds. The number of nitrogens with two attached hydrogens (primary N) is 1. The highest BCUT2D eigenvalue weighted by atomic mass is 32.2.